The van der Waals surface area contributed by atoms with Crippen LogP contribution in [0.25, 0.3) is 11.0 Å². The van der Waals surface area contributed by atoms with Gasteiger partial charge in [0.15, 0.2) is 5.78 Å². The summed E-state index contributed by atoms with van der Waals surface area (Å²) in [5.74, 6) is -0.277. The van der Waals surface area contributed by atoms with Crippen LogP contribution < -0.4 is 0 Å². The molecule has 1 aromatic carbocycles. The molecule has 96 valence electrons. The molecule has 0 fully saturated rings. The van der Waals surface area contributed by atoms with Crippen molar-refractivity contribution in [1.82, 2.24) is 9.97 Å². The molecule has 5 nitrogen and oxygen atoms in total. The standard InChI is InChI=1S/C14H13N3O2/c1-9(18)12(10(2)19)8-17-11-3-4-13-14(7-11)16-6-5-15-13/h3-8,18H,1-2H3/b12-9+,17-8?. The first-order chi connectivity index (χ1) is 9.08. The number of hydrogen-bond acceptors (Lipinski definition) is 5. The highest BCUT2D eigenvalue weighted by molar-refractivity contribution is 6.13. The van der Waals surface area contributed by atoms with Gasteiger partial charge < -0.3 is 5.11 Å². The van der Waals surface area contributed by atoms with Crippen molar-refractivity contribution in [3.63, 3.8) is 0 Å². The van der Waals surface area contributed by atoms with Crippen LogP contribution in [-0.2, 0) is 4.79 Å². The summed E-state index contributed by atoms with van der Waals surface area (Å²) < 4.78 is 0. The zero-order valence-electron chi connectivity index (χ0n) is 10.7. The summed E-state index contributed by atoms with van der Waals surface area (Å²) in [4.78, 5) is 23.8. The molecule has 0 saturated heterocycles. The third-order valence-electron chi connectivity index (χ3n) is 2.56. The maximum Gasteiger partial charge on any atom is 0.164 e. The fourth-order valence-corrected chi connectivity index (χ4v) is 1.61. The molecule has 0 unspecified atom stereocenters. The second kappa shape index (κ2) is 5.39. The van der Waals surface area contributed by atoms with Crippen LogP contribution in [0.3, 0.4) is 0 Å². The smallest absolute Gasteiger partial charge is 0.164 e. The van der Waals surface area contributed by atoms with E-state index in [0.717, 1.165) is 11.0 Å². The molecule has 1 aromatic heterocycles. The second-order valence-electron chi connectivity index (χ2n) is 4.04. The van der Waals surface area contributed by atoms with Crippen molar-refractivity contribution >= 4 is 28.7 Å². The number of aliphatic hydroxyl groups is 1. The number of nitrogens with zero attached hydrogens (tertiary/aromatic N) is 3. The van der Waals surface area contributed by atoms with Crippen LogP contribution in [0.15, 0.2) is 46.9 Å². The van der Waals surface area contributed by atoms with E-state index in [2.05, 4.69) is 15.0 Å². The highest BCUT2D eigenvalue weighted by Crippen LogP contribution is 2.17. The molecule has 19 heavy (non-hydrogen) atoms. The van der Waals surface area contributed by atoms with E-state index in [1.165, 1.54) is 20.1 Å². The lowest BCUT2D eigenvalue weighted by Crippen LogP contribution is -2.01. The molecule has 5 heteroatoms. The molecule has 0 saturated carbocycles. The molecule has 2 aromatic rings. The number of benzene rings is 1. The van der Waals surface area contributed by atoms with E-state index in [9.17, 15) is 9.90 Å². The van der Waals surface area contributed by atoms with Crippen LogP contribution in [0.2, 0.25) is 0 Å². The molecule has 2 rings (SSSR count). The summed E-state index contributed by atoms with van der Waals surface area (Å²) in [5.41, 5.74) is 2.35. The van der Waals surface area contributed by atoms with Gasteiger partial charge in [0.05, 0.1) is 22.3 Å². The van der Waals surface area contributed by atoms with Crippen molar-refractivity contribution < 1.29 is 9.90 Å². The Kier molecular flexibility index (Phi) is 3.66. The predicted octanol–water partition coefficient (Wildman–Crippen LogP) is 2.75. The van der Waals surface area contributed by atoms with E-state index >= 15 is 0 Å². The zero-order valence-corrected chi connectivity index (χ0v) is 10.7. The first kappa shape index (κ1) is 12.9. The summed E-state index contributed by atoms with van der Waals surface area (Å²) in [7, 11) is 0. The van der Waals surface area contributed by atoms with Gasteiger partial charge in [0.2, 0.25) is 0 Å². The van der Waals surface area contributed by atoms with E-state index in [1.54, 1.807) is 30.6 Å². The average Bonchev–Trinajstić information content (AvgIpc) is 2.38. The summed E-state index contributed by atoms with van der Waals surface area (Å²) in [6.07, 6.45) is 4.58. The number of Topliss-reactive ketones (excluding diaryl/α,β-unsaturated/α-hetero) is 1. The Morgan fingerprint density at radius 3 is 2.53 bits per heavy atom. The van der Waals surface area contributed by atoms with Gasteiger partial charge in [0.25, 0.3) is 0 Å². The third kappa shape index (κ3) is 3.01. The third-order valence-corrected chi connectivity index (χ3v) is 2.56. The Morgan fingerprint density at radius 2 is 1.89 bits per heavy atom. The molecule has 0 aliphatic carbocycles. The normalized spacial score (nSPS) is 12.7. The molecule has 1 N–H and O–H groups in total. The molecule has 0 radical (unpaired) electrons. The molecular formula is C14H13N3O2. The first-order valence-electron chi connectivity index (χ1n) is 5.73. The van der Waals surface area contributed by atoms with E-state index in [-0.39, 0.29) is 17.1 Å². The van der Waals surface area contributed by atoms with Crippen molar-refractivity contribution in [1.29, 1.82) is 0 Å². The SMILES string of the molecule is CC(=O)/C(C=Nc1ccc2nccnc2c1)=C(\C)O. The number of aromatic nitrogens is 2. The molecule has 1 heterocycles. The number of aliphatic hydroxyl groups excluding tert-OH is 1. The number of rotatable bonds is 3. The summed E-state index contributed by atoms with van der Waals surface area (Å²) in [5, 5.41) is 9.38. The molecular weight excluding hydrogens is 242 g/mol. The lowest BCUT2D eigenvalue weighted by Gasteiger charge is -1.99. The van der Waals surface area contributed by atoms with Gasteiger partial charge in [-0.25, -0.2) is 0 Å². The number of carbonyl (C=O) groups excluding carboxylic acids is 1. The zero-order chi connectivity index (χ0) is 13.8. The minimum Gasteiger partial charge on any atom is -0.512 e. The number of allylic oxidation sites excluding steroid dienone is 2. The van der Waals surface area contributed by atoms with Crippen LogP contribution in [0, 0.1) is 0 Å². The molecule has 0 amide bonds. The highest BCUT2D eigenvalue weighted by atomic mass is 16.3. The Labute approximate surface area is 110 Å². The lowest BCUT2D eigenvalue weighted by molar-refractivity contribution is -0.113. The summed E-state index contributed by atoms with van der Waals surface area (Å²) in [6.45, 7) is 2.83. The highest BCUT2D eigenvalue weighted by Gasteiger charge is 2.04. The van der Waals surface area contributed by atoms with Crippen molar-refractivity contribution in [3.05, 3.63) is 41.9 Å². The van der Waals surface area contributed by atoms with Gasteiger partial charge in [0, 0.05) is 18.6 Å². The van der Waals surface area contributed by atoms with Crippen LogP contribution in [0.1, 0.15) is 13.8 Å². The van der Waals surface area contributed by atoms with Gasteiger partial charge in [-0.05, 0) is 32.0 Å². The fraction of sp³-hybridized carbons (Fsp3) is 0.143. The largest absolute Gasteiger partial charge is 0.512 e. The van der Waals surface area contributed by atoms with Gasteiger partial charge in [-0.2, -0.15) is 0 Å². The average molecular weight is 255 g/mol. The summed E-state index contributed by atoms with van der Waals surface area (Å²) in [6, 6.07) is 5.35. The monoisotopic (exact) mass is 255 g/mol. The van der Waals surface area contributed by atoms with E-state index in [0.29, 0.717) is 5.69 Å². The minimum absolute atomic E-state index is 0.0446. The van der Waals surface area contributed by atoms with Crippen LogP contribution in [0.4, 0.5) is 5.69 Å². The molecule has 0 bridgehead atoms. The Bertz CT molecular complexity index is 686. The van der Waals surface area contributed by atoms with Crippen molar-refractivity contribution in [3.8, 4) is 0 Å². The van der Waals surface area contributed by atoms with E-state index in [4.69, 9.17) is 0 Å². The number of carbonyl (C=O) groups is 1. The minimum atomic E-state index is -0.232. The van der Waals surface area contributed by atoms with Gasteiger partial charge in [-0.15, -0.1) is 0 Å². The van der Waals surface area contributed by atoms with Gasteiger partial charge >= 0.3 is 0 Å². The Balaban J connectivity index is 2.36. The van der Waals surface area contributed by atoms with Crippen LogP contribution in [-0.4, -0.2) is 27.1 Å². The molecule has 0 spiro atoms. The van der Waals surface area contributed by atoms with Crippen molar-refractivity contribution in [2.24, 2.45) is 4.99 Å². The topological polar surface area (TPSA) is 75.4 Å². The fourth-order valence-electron chi connectivity index (χ4n) is 1.61. The Hall–Kier alpha value is -2.56. The Morgan fingerprint density at radius 1 is 1.21 bits per heavy atom. The first-order valence-corrected chi connectivity index (χ1v) is 5.73. The molecule has 0 aliphatic rings. The maximum absolute atomic E-state index is 11.3. The molecule has 0 atom stereocenters. The number of aliphatic imine (C=N–C) groups is 1. The number of hydrogen-bond donors (Lipinski definition) is 1. The van der Waals surface area contributed by atoms with Gasteiger partial charge in [0.1, 0.15) is 5.76 Å². The molecule has 0 aliphatic heterocycles. The van der Waals surface area contributed by atoms with E-state index < -0.39 is 0 Å². The number of fused-ring (bicyclic) bond motifs is 1. The predicted molar refractivity (Wildman–Crippen MR) is 73.7 cm³/mol. The van der Waals surface area contributed by atoms with Crippen LogP contribution in [0.5, 0.6) is 0 Å². The van der Waals surface area contributed by atoms with Gasteiger partial charge in [-0.3, -0.25) is 19.8 Å². The lowest BCUT2D eigenvalue weighted by atomic mass is 10.2. The van der Waals surface area contributed by atoms with Crippen LogP contribution >= 0.6 is 0 Å². The summed E-state index contributed by atoms with van der Waals surface area (Å²) >= 11 is 0. The van der Waals surface area contributed by atoms with Crippen molar-refractivity contribution in [2.75, 3.05) is 0 Å². The van der Waals surface area contributed by atoms with Gasteiger partial charge in [-0.1, -0.05) is 0 Å². The van der Waals surface area contributed by atoms with E-state index in [1.807, 2.05) is 0 Å². The second-order valence-corrected chi connectivity index (χ2v) is 4.04. The maximum atomic E-state index is 11.3. The quantitative estimate of drug-likeness (QED) is 0.520. The van der Waals surface area contributed by atoms with Crippen molar-refractivity contribution in [2.45, 2.75) is 13.8 Å². The number of ketones is 1.